The van der Waals surface area contributed by atoms with E-state index in [9.17, 15) is 4.79 Å². The fourth-order valence-corrected chi connectivity index (χ4v) is 2.17. The Morgan fingerprint density at radius 2 is 2.06 bits per heavy atom. The average Bonchev–Trinajstić information content (AvgIpc) is 2.28. The summed E-state index contributed by atoms with van der Waals surface area (Å²) in [6.07, 6.45) is 0. The molecule has 0 aliphatic heterocycles. The first-order valence-corrected chi connectivity index (χ1v) is 6.83. The Balaban J connectivity index is 2.74. The predicted molar refractivity (Wildman–Crippen MR) is 75.5 cm³/mol. The fourth-order valence-electron chi connectivity index (χ4n) is 1.70. The SMILES string of the molecule is CCN(CC)C(=O)C(C)Nc1cc(Br)nc(C)n1. The van der Waals surface area contributed by atoms with Gasteiger partial charge in [-0.15, -0.1) is 0 Å². The van der Waals surface area contributed by atoms with Crippen LogP contribution in [-0.2, 0) is 4.79 Å². The standard InChI is InChI=1S/C12H19BrN4O/c1-5-17(6-2)12(18)8(3)14-11-7-10(13)15-9(4)16-11/h7-8H,5-6H2,1-4H3,(H,14,15,16). The molecule has 1 heterocycles. The van der Waals surface area contributed by atoms with Gasteiger partial charge in [0.2, 0.25) is 5.91 Å². The molecule has 1 aromatic heterocycles. The van der Waals surface area contributed by atoms with Crippen LogP contribution in [0.3, 0.4) is 0 Å². The lowest BCUT2D eigenvalue weighted by molar-refractivity contribution is -0.131. The van der Waals surface area contributed by atoms with Crippen LogP contribution in [0.4, 0.5) is 5.82 Å². The van der Waals surface area contributed by atoms with Crippen LogP contribution in [0.2, 0.25) is 0 Å². The third-order valence-corrected chi connectivity index (χ3v) is 3.02. The van der Waals surface area contributed by atoms with Crippen LogP contribution in [0.15, 0.2) is 10.7 Å². The van der Waals surface area contributed by atoms with Gasteiger partial charge < -0.3 is 10.2 Å². The van der Waals surface area contributed by atoms with Crippen molar-refractivity contribution < 1.29 is 4.79 Å². The molecule has 1 rings (SSSR count). The summed E-state index contributed by atoms with van der Waals surface area (Å²) in [4.78, 5) is 22.2. The van der Waals surface area contributed by atoms with Crippen molar-refractivity contribution in [1.82, 2.24) is 14.9 Å². The second kappa shape index (κ2) is 6.68. The molecule has 0 bridgehead atoms. The Morgan fingerprint density at radius 1 is 1.44 bits per heavy atom. The van der Waals surface area contributed by atoms with E-state index >= 15 is 0 Å². The number of aryl methyl sites for hydroxylation is 1. The van der Waals surface area contributed by atoms with Crippen molar-refractivity contribution in [3.8, 4) is 0 Å². The summed E-state index contributed by atoms with van der Waals surface area (Å²) in [5.41, 5.74) is 0. The highest BCUT2D eigenvalue weighted by Crippen LogP contribution is 2.13. The Kier molecular flexibility index (Phi) is 5.53. The minimum absolute atomic E-state index is 0.0763. The summed E-state index contributed by atoms with van der Waals surface area (Å²) in [5.74, 6) is 1.39. The monoisotopic (exact) mass is 314 g/mol. The summed E-state index contributed by atoms with van der Waals surface area (Å²) < 4.78 is 0.708. The van der Waals surface area contributed by atoms with Crippen LogP contribution in [0.1, 0.15) is 26.6 Å². The van der Waals surface area contributed by atoms with Gasteiger partial charge in [0.25, 0.3) is 0 Å². The zero-order valence-electron chi connectivity index (χ0n) is 11.2. The minimum Gasteiger partial charge on any atom is -0.358 e. The zero-order valence-corrected chi connectivity index (χ0v) is 12.8. The molecule has 0 spiro atoms. The molecular weight excluding hydrogens is 296 g/mol. The minimum atomic E-state index is -0.300. The number of nitrogens with zero attached hydrogens (tertiary/aromatic N) is 3. The van der Waals surface area contributed by atoms with Crippen molar-refractivity contribution in [2.24, 2.45) is 0 Å². The number of halogens is 1. The lowest BCUT2D eigenvalue weighted by Crippen LogP contribution is -2.41. The maximum absolute atomic E-state index is 12.1. The van der Waals surface area contributed by atoms with Gasteiger partial charge in [0.05, 0.1) is 0 Å². The summed E-state index contributed by atoms with van der Waals surface area (Å²) in [7, 11) is 0. The van der Waals surface area contributed by atoms with E-state index in [1.807, 2.05) is 27.7 Å². The number of amides is 1. The number of rotatable bonds is 5. The van der Waals surface area contributed by atoms with E-state index in [1.165, 1.54) is 0 Å². The predicted octanol–water partition coefficient (Wildman–Crippen LogP) is 2.22. The lowest BCUT2D eigenvalue weighted by atomic mass is 10.2. The van der Waals surface area contributed by atoms with Gasteiger partial charge in [-0.05, 0) is 43.6 Å². The Hall–Kier alpha value is -1.17. The summed E-state index contributed by atoms with van der Waals surface area (Å²) in [6.45, 7) is 9.03. The third-order valence-electron chi connectivity index (χ3n) is 2.62. The normalized spacial score (nSPS) is 12.1. The number of likely N-dealkylation sites (N-methyl/N-ethyl adjacent to an activating group) is 1. The Morgan fingerprint density at radius 3 is 2.56 bits per heavy atom. The van der Waals surface area contributed by atoms with E-state index < -0.39 is 0 Å². The lowest BCUT2D eigenvalue weighted by Gasteiger charge is -2.23. The Labute approximate surface area is 116 Å². The van der Waals surface area contributed by atoms with Crippen LogP contribution < -0.4 is 5.32 Å². The van der Waals surface area contributed by atoms with E-state index in [0.717, 1.165) is 0 Å². The molecule has 0 saturated heterocycles. The van der Waals surface area contributed by atoms with Crippen molar-refractivity contribution in [2.45, 2.75) is 33.7 Å². The number of carbonyl (C=O) groups excluding carboxylic acids is 1. The van der Waals surface area contributed by atoms with Crippen LogP contribution in [0, 0.1) is 6.92 Å². The molecule has 1 unspecified atom stereocenters. The molecule has 0 aliphatic carbocycles. The topological polar surface area (TPSA) is 58.1 Å². The highest BCUT2D eigenvalue weighted by atomic mass is 79.9. The first kappa shape index (κ1) is 14.9. The van der Waals surface area contributed by atoms with Crippen LogP contribution in [-0.4, -0.2) is 39.9 Å². The summed E-state index contributed by atoms with van der Waals surface area (Å²) >= 11 is 3.31. The summed E-state index contributed by atoms with van der Waals surface area (Å²) in [6, 6.07) is 1.46. The van der Waals surface area contributed by atoms with Gasteiger partial charge in [0.15, 0.2) is 0 Å². The van der Waals surface area contributed by atoms with Crippen LogP contribution >= 0.6 is 15.9 Å². The molecule has 0 radical (unpaired) electrons. The summed E-state index contributed by atoms with van der Waals surface area (Å²) in [5, 5.41) is 3.10. The quantitative estimate of drug-likeness (QED) is 0.847. The van der Waals surface area contributed by atoms with Gasteiger partial charge in [-0.25, -0.2) is 9.97 Å². The van der Waals surface area contributed by atoms with Crippen molar-refractivity contribution in [3.05, 3.63) is 16.5 Å². The third kappa shape index (κ3) is 3.94. The number of hydrogen-bond donors (Lipinski definition) is 1. The van der Waals surface area contributed by atoms with E-state index in [4.69, 9.17) is 0 Å². The van der Waals surface area contributed by atoms with Gasteiger partial charge in [-0.2, -0.15) is 0 Å². The van der Waals surface area contributed by atoms with Gasteiger partial charge in [0, 0.05) is 19.2 Å². The number of carbonyl (C=O) groups is 1. The highest BCUT2D eigenvalue weighted by Gasteiger charge is 2.18. The van der Waals surface area contributed by atoms with Gasteiger partial charge in [0.1, 0.15) is 22.3 Å². The zero-order chi connectivity index (χ0) is 13.7. The van der Waals surface area contributed by atoms with Crippen molar-refractivity contribution >= 4 is 27.7 Å². The molecule has 1 N–H and O–H groups in total. The maximum atomic E-state index is 12.1. The van der Waals surface area contributed by atoms with E-state index in [0.29, 0.717) is 29.3 Å². The molecular formula is C12H19BrN4O. The molecule has 5 nitrogen and oxygen atoms in total. The smallest absolute Gasteiger partial charge is 0.244 e. The van der Waals surface area contributed by atoms with Crippen molar-refractivity contribution in [1.29, 1.82) is 0 Å². The molecule has 1 atom stereocenters. The molecule has 1 amide bonds. The van der Waals surface area contributed by atoms with Gasteiger partial charge in [-0.1, -0.05) is 0 Å². The second-order valence-electron chi connectivity index (χ2n) is 4.00. The molecule has 0 aromatic carbocycles. The van der Waals surface area contributed by atoms with Gasteiger partial charge >= 0.3 is 0 Å². The second-order valence-corrected chi connectivity index (χ2v) is 4.81. The number of hydrogen-bond acceptors (Lipinski definition) is 4. The van der Waals surface area contributed by atoms with Gasteiger partial charge in [-0.3, -0.25) is 4.79 Å². The average molecular weight is 315 g/mol. The van der Waals surface area contributed by atoms with E-state index in [-0.39, 0.29) is 11.9 Å². The molecule has 1 aromatic rings. The first-order valence-electron chi connectivity index (χ1n) is 6.04. The number of aromatic nitrogens is 2. The van der Waals surface area contributed by atoms with E-state index in [1.54, 1.807) is 11.0 Å². The molecule has 0 aliphatic rings. The molecule has 6 heteroatoms. The molecule has 18 heavy (non-hydrogen) atoms. The van der Waals surface area contributed by atoms with Crippen LogP contribution in [0.25, 0.3) is 0 Å². The highest BCUT2D eigenvalue weighted by molar-refractivity contribution is 9.10. The molecule has 100 valence electrons. The van der Waals surface area contributed by atoms with Crippen LogP contribution in [0.5, 0.6) is 0 Å². The number of anilines is 1. The Bertz CT molecular complexity index is 400. The van der Waals surface area contributed by atoms with Crippen molar-refractivity contribution in [3.63, 3.8) is 0 Å². The largest absolute Gasteiger partial charge is 0.358 e. The maximum Gasteiger partial charge on any atom is 0.244 e. The number of nitrogens with one attached hydrogen (secondary N) is 1. The molecule has 0 saturated carbocycles. The van der Waals surface area contributed by atoms with E-state index in [2.05, 4.69) is 31.2 Å². The van der Waals surface area contributed by atoms with Crippen molar-refractivity contribution in [2.75, 3.05) is 18.4 Å². The molecule has 0 fully saturated rings. The fraction of sp³-hybridized carbons (Fsp3) is 0.583. The first-order chi connectivity index (χ1) is 8.47.